The fourth-order valence-corrected chi connectivity index (χ4v) is 7.07. The van der Waals surface area contributed by atoms with E-state index in [1.54, 1.807) is 17.7 Å². The first kappa shape index (κ1) is 19.3. The fraction of sp³-hybridized carbons (Fsp3) is 0.700. The lowest BCUT2D eigenvalue weighted by Gasteiger charge is -2.42. The van der Waals surface area contributed by atoms with Gasteiger partial charge in [-0.15, -0.1) is 0 Å². The van der Waals surface area contributed by atoms with Crippen LogP contribution in [0.15, 0.2) is 18.6 Å². The molecule has 1 atom stereocenters. The van der Waals surface area contributed by atoms with Crippen molar-refractivity contribution in [1.29, 1.82) is 0 Å². The van der Waals surface area contributed by atoms with E-state index in [0.717, 1.165) is 49.0 Å². The molecule has 2 aromatic heterocycles. The molecule has 3 fully saturated rings. The Labute approximate surface area is 171 Å². The number of ether oxygens (including phenoxy) is 1. The molecule has 3 aliphatic rings. The molecule has 2 saturated carbocycles. The van der Waals surface area contributed by atoms with Crippen molar-refractivity contribution in [1.82, 2.24) is 19.3 Å². The number of aromatic nitrogens is 3. The first-order chi connectivity index (χ1) is 13.9. The van der Waals surface area contributed by atoms with Crippen molar-refractivity contribution >= 4 is 26.9 Å². The quantitative estimate of drug-likeness (QED) is 0.770. The third kappa shape index (κ3) is 3.33. The van der Waals surface area contributed by atoms with Crippen molar-refractivity contribution in [2.75, 3.05) is 37.9 Å². The maximum atomic E-state index is 12.9. The van der Waals surface area contributed by atoms with Crippen LogP contribution in [0.5, 0.6) is 0 Å². The van der Waals surface area contributed by atoms with Crippen LogP contribution in [-0.2, 0) is 14.8 Å². The minimum Gasteiger partial charge on any atom is -0.381 e. The standard InChI is InChI=1S/C20H29N5O3S/c1-24(19-16-3-6-21-18(16)22-13-23-19)15-9-14(10-15)12-29(26,27)25-7-4-20(5-8-25)11-17(20)28-2/h3,6,13-15,17H,4-5,7-12H2,1-2H3,(H,21,22,23). The summed E-state index contributed by atoms with van der Waals surface area (Å²) in [4.78, 5) is 14.0. The molecule has 0 amide bonds. The maximum Gasteiger partial charge on any atom is 0.214 e. The van der Waals surface area contributed by atoms with E-state index >= 15 is 0 Å². The third-order valence-corrected chi connectivity index (χ3v) is 9.43. The van der Waals surface area contributed by atoms with Crippen LogP contribution in [0.4, 0.5) is 5.82 Å². The summed E-state index contributed by atoms with van der Waals surface area (Å²) in [6.07, 6.45) is 8.50. The van der Waals surface area contributed by atoms with Crippen LogP contribution < -0.4 is 4.90 Å². The van der Waals surface area contributed by atoms with Crippen LogP contribution >= 0.6 is 0 Å². The van der Waals surface area contributed by atoms with Gasteiger partial charge in [0.25, 0.3) is 0 Å². The largest absolute Gasteiger partial charge is 0.381 e. The van der Waals surface area contributed by atoms with Gasteiger partial charge in [-0.25, -0.2) is 22.7 Å². The van der Waals surface area contributed by atoms with Crippen molar-refractivity contribution in [3.8, 4) is 0 Å². The Morgan fingerprint density at radius 2 is 2.07 bits per heavy atom. The Kier molecular flexibility index (Phi) is 4.60. The van der Waals surface area contributed by atoms with Crippen molar-refractivity contribution < 1.29 is 13.2 Å². The van der Waals surface area contributed by atoms with E-state index in [0.29, 0.717) is 25.2 Å². The van der Waals surface area contributed by atoms with Crippen LogP contribution in [0, 0.1) is 11.3 Å². The molecule has 1 spiro atoms. The van der Waals surface area contributed by atoms with Crippen LogP contribution in [0.1, 0.15) is 32.1 Å². The van der Waals surface area contributed by atoms with Gasteiger partial charge in [-0.2, -0.15) is 0 Å². The minimum absolute atomic E-state index is 0.222. The van der Waals surface area contributed by atoms with E-state index in [2.05, 4.69) is 19.9 Å². The highest BCUT2D eigenvalue weighted by molar-refractivity contribution is 7.89. The molecule has 5 rings (SSSR count). The Morgan fingerprint density at radius 1 is 1.31 bits per heavy atom. The summed E-state index contributed by atoms with van der Waals surface area (Å²) in [5.41, 5.74) is 1.08. The Hall–Kier alpha value is -1.71. The molecular formula is C20H29N5O3S. The van der Waals surface area contributed by atoms with Crippen molar-refractivity contribution in [3.05, 3.63) is 18.6 Å². The van der Waals surface area contributed by atoms with Crippen molar-refractivity contribution in [2.45, 2.75) is 44.2 Å². The molecule has 1 aliphatic heterocycles. The van der Waals surface area contributed by atoms with Gasteiger partial charge in [0.2, 0.25) is 10.0 Å². The monoisotopic (exact) mass is 419 g/mol. The molecule has 158 valence electrons. The number of fused-ring (bicyclic) bond motifs is 1. The Balaban J connectivity index is 1.16. The number of nitrogens with one attached hydrogen (secondary N) is 1. The van der Waals surface area contributed by atoms with Gasteiger partial charge in [-0.1, -0.05) is 0 Å². The highest BCUT2D eigenvalue weighted by Gasteiger charge is 2.56. The number of hydrogen-bond donors (Lipinski definition) is 1. The van der Waals surface area contributed by atoms with Gasteiger partial charge in [0, 0.05) is 44.9 Å². The first-order valence-corrected chi connectivity index (χ1v) is 12.0. The number of hydrogen-bond acceptors (Lipinski definition) is 6. The highest BCUT2D eigenvalue weighted by atomic mass is 32.2. The lowest BCUT2D eigenvalue weighted by molar-refractivity contribution is 0.117. The smallest absolute Gasteiger partial charge is 0.214 e. The van der Waals surface area contributed by atoms with E-state index in [4.69, 9.17) is 4.74 Å². The van der Waals surface area contributed by atoms with Gasteiger partial charge in [-0.05, 0) is 44.1 Å². The van der Waals surface area contributed by atoms with Gasteiger partial charge >= 0.3 is 0 Å². The van der Waals surface area contributed by atoms with E-state index < -0.39 is 10.0 Å². The molecule has 0 bridgehead atoms. The van der Waals surface area contributed by atoms with Crippen molar-refractivity contribution in [2.24, 2.45) is 11.3 Å². The highest BCUT2D eigenvalue weighted by Crippen LogP contribution is 2.55. The van der Waals surface area contributed by atoms with Gasteiger partial charge in [0.05, 0.1) is 17.2 Å². The Morgan fingerprint density at radius 3 is 2.76 bits per heavy atom. The van der Waals surface area contributed by atoms with Crippen molar-refractivity contribution in [3.63, 3.8) is 0 Å². The second kappa shape index (κ2) is 6.92. The first-order valence-electron chi connectivity index (χ1n) is 10.4. The predicted molar refractivity (Wildman–Crippen MR) is 111 cm³/mol. The molecule has 29 heavy (non-hydrogen) atoms. The molecule has 2 aliphatic carbocycles. The van der Waals surface area contributed by atoms with E-state index in [1.165, 1.54) is 0 Å². The maximum absolute atomic E-state index is 12.9. The minimum atomic E-state index is -3.19. The number of aromatic amines is 1. The number of piperidine rings is 1. The van der Waals surface area contributed by atoms with E-state index in [1.807, 2.05) is 19.3 Å². The summed E-state index contributed by atoms with van der Waals surface area (Å²) in [7, 11) is 0.611. The molecule has 0 radical (unpaired) electrons. The predicted octanol–water partition coefficient (Wildman–Crippen LogP) is 2.00. The number of rotatable bonds is 6. The summed E-state index contributed by atoms with van der Waals surface area (Å²) in [6.45, 7) is 1.29. The summed E-state index contributed by atoms with van der Waals surface area (Å²) < 4.78 is 33.0. The second-order valence-electron chi connectivity index (χ2n) is 9.01. The molecule has 0 aromatic carbocycles. The second-order valence-corrected chi connectivity index (χ2v) is 11.0. The van der Waals surface area contributed by atoms with Gasteiger partial charge in [0.15, 0.2) is 0 Å². The fourth-order valence-electron chi connectivity index (χ4n) is 5.25. The number of H-pyrrole nitrogens is 1. The Bertz CT molecular complexity index is 992. The number of nitrogens with zero attached hydrogens (tertiary/aromatic N) is 4. The van der Waals surface area contributed by atoms with E-state index in [-0.39, 0.29) is 17.1 Å². The number of sulfonamides is 1. The molecule has 3 heterocycles. The van der Waals surface area contributed by atoms with Gasteiger partial charge in [-0.3, -0.25) is 0 Å². The zero-order valence-corrected chi connectivity index (χ0v) is 17.9. The summed E-state index contributed by atoms with van der Waals surface area (Å²) in [5, 5.41) is 1.00. The average Bonchev–Trinajstić information content (AvgIpc) is 3.13. The third-order valence-electron chi connectivity index (χ3n) is 7.38. The van der Waals surface area contributed by atoms with E-state index in [9.17, 15) is 8.42 Å². The van der Waals surface area contributed by atoms with Crippen LogP contribution in [0.3, 0.4) is 0 Å². The molecule has 8 nitrogen and oxygen atoms in total. The normalized spacial score (nSPS) is 29.1. The molecule has 1 N–H and O–H groups in total. The van der Waals surface area contributed by atoms with Crippen LogP contribution in [-0.4, -0.2) is 72.8 Å². The zero-order chi connectivity index (χ0) is 20.2. The molecule has 1 saturated heterocycles. The molecule has 9 heteroatoms. The molecule has 2 aromatic rings. The molecule has 1 unspecified atom stereocenters. The summed E-state index contributed by atoms with van der Waals surface area (Å²) >= 11 is 0. The van der Waals surface area contributed by atoms with Gasteiger partial charge in [0.1, 0.15) is 17.8 Å². The lowest BCUT2D eigenvalue weighted by Crippen LogP contribution is -2.48. The van der Waals surface area contributed by atoms with Gasteiger partial charge < -0.3 is 14.6 Å². The number of anilines is 1. The molecular weight excluding hydrogens is 390 g/mol. The summed E-state index contributed by atoms with van der Waals surface area (Å²) in [6, 6.07) is 2.31. The SMILES string of the molecule is COC1CC12CCN(S(=O)(=O)CC1CC(N(C)c3ncnc4[nH]ccc34)C1)CC2. The summed E-state index contributed by atoms with van der Waals surface area (Å²) in [5.74, 6) is 1.39. The average molecular weight is 420 g/mol. The number of methoxy groups -OCH3 is 1. The van der Waals surface area contributed by atoms with Crippen LogP contribution in [0.25, 0.3) is 11.0 Å². The topological polar surface area (TPSA) is 91.4 Å². The zero-order valence-electron chi connectivity index (χ0n) is 17.0. The lowest BCUT2D eigenvalue weighted by atomic mass is 9.81. The van der Waals surface area contributed by atoms with Crippen LogP contribution in [0.2, 0.25) is 0 Å².